The molecule has 0 aromatic rings. The molecule has 0 aliphatic carbocycles. The zero-order valence-electron chi connectivity index (χ0n) is 10.4. The highest BCUT2D eigenvalue weighted by Crippen LogP contribution is 1.97. The second-order valence-electron chi connectivity index (χ2n) is 4.19. The Hall–Kier alpha value is -0.0831. The van der Waals surface area contributed by atoms with Crippen LogP contribution >= 0.6 is 0 Å². The second kappa shape index (κ2) is 9.47. The molecule has 0 rings (SSSR count). The van der Waals surface area contributed by atoms with Crippen LogP contribution in [0, 0.1) is 5.92 Å². The third-order valence-electron chi connectivity index (χ3n) is 2.51. The summed E-state index contributed by atoms with van der Waals surface area (Å²) in [5, 5.41) is 0. The summed E-state index contributed by atoms with van der Waals surface area (Å²) in [6.07, 6.45) is 3.76. The minimum Gasteiger partial charge on any atom is -0.304 e. The Morgan fingerprint density at radius 2 is 1.86 bits per heavy atom. The quantitative estimate of drug-likeness (QED) is 0.442. The Morgan fingerprint density at radius 1 is 1.21 bits per heavy atom. The number of allylic oxidation sites excluding steroid dienone is 1. The van der Waals surface area contributed by atoms with E-state index < -0.39 is 0 Å². The molecule has 14 heavy (non-hydrogen) atoms. The van der Waals surface area contributed by atoms with Crippen molar-refractivity contribution < 1.29 is 0 Å². The molecule has 0 aromatic carbocycles. The van der Waals surface area contributed by atoms with Gasteiger partial charge in [-0.25, -0.2) is 0 Å². The van der Waals surface area contributed by atoms with Gasteiger partial charge in [0.25, 0.3) is 0 Å². The van der Waals surface area contributed by atoms with Gasteiger partial charge in [-0.15, -0.1) is 5.70 Å². The first-order valence-electron chi connectivity index (χ1n) is 6.09. The molecule has 0 saturated carbocycles. The lowest BCUT2D eigenvalue weighted by Crippen LogP contribution is -2.24. The molecule has 0 spiro atoms. The highest BCUT2D eigenvalue weighted by Gasteiger charge is 1.96. The molecule has 2 heteroatoms. The maximum Gasteiger partial charge on any atom is 0.0450 e. The minimum atomic E-state index is 0.103. The zero-order valence-corrected chi connectivity index (χ0v) is 11.8. The first-order valence-corrected chi connectivity index (χ1v) is 7.91. The van der Waals surface area contributed by atoms with Crippen LogP contribution in [0.25, 0.3) is 0 Å². The standard InChI is InChI=1S/C12H27NSi/c1-5-13(6-2)9-7-10-14-11-8-12(3)4/h8,11-12H,5-7,9-10,14H2,1-4H3. The average molecular weight is 213 g/mol. The maximum absolute atomic E-state index is 2.51. The lowest BCUT2D eigenvalue weighted by atomic mass is 10.2. The molecule has 0 aliphatic rings. The van der Waals surface area contributed by atoms with Gasteiger partial charge in [-0.1, -0.05) is 39.8 Å². The van der Waals surface area contributed by atoms with Crippen molar-refractivity contribution in [2.75, 3.05) is 19.6 Å². The van der Waals surface area contributed by atoms with Gasteiger partial charge >= 0.3 is 0 Å². The van der Waals surface area contributed by atoms with Gasteiger partial charge in [0.05, 0.1) is 0 Å². The molecule has 0 bridgehead atoms. The molecule has 0 amide bonds. The first-order chi connectivity index (χ1) is 6.70. The van der Waals surface area contributed by atoms with Crippen LogP contribution < -0.4 is 0 Å². The molecule has 0 heterocycles. The molecular weight excluding hydrogens is 186 g/mol. The SMILES string of the molecule is CCN(CC)CCC[SiH2]C=CC(C)C. The van der Waals surface area contributed by atoms with Crippen LogP contribution in [-0.4, -0.2) is 34.1 Å². The Bertz CT molecular complexity index is 139. The fourth-order valence-corrected chi connectivity index (χ4v) is 2.99. The first kappa shape index (κ1) is 13.9. The van der Waals surface area contributed by atoms with Crippen LogP contribution in [0.1, 0.15) is 34.1 Å². The number of hydrogen-bond acceptors (Lipinski definition) is 1. The Morgan fingerprint density at radius 3 is 2.36 bits per heavy atom. The van der Waals surface area contributed by atoms with E-state index in [4.69, 9.17) is 0 Å². The summed E-state index contributed by atoms with van der Waals surface area (Å²) >= 11 is 0. The fourth-order valence-electron chi connectivity index (χ4n) is 1.51. The van der Waals surface area contributed by atoms with Crippen molar-refractivity contribution in [3.05, 3.63) is 11.8 Å². The van der Waals surface area contributed by atoms with Gasteiger partial charge in [-0.2, -0.15) is 0 Å². The van der Waals surface area contributed by atoms with Crippen LogP contribution in [-0.2, 0) is 0 Å². The zero-order chi connectivity index (χ0) is 10.8. The predicted octanol–water partition coefficient (Wildman–Crippen LogP) is 2.48. The lowest BCUT2D eigenvalue weighted by Gasteiger charge is -2.17. The molecule has 1 nitrogen and oxygen atoms in total. The van der Waals surface area contributed by atoms with E-state index in [2.05, 4.69) is 44.4 Å². The van der Waals surface area contributed by atoms with Crippen molar-refractivity contribution in [3.63, 3.8) is 0 Å². The summed E-state index contributed by atoms with van der Waals surface area (Å²) in [5.41, 5.74) is 2.47. The van der Waals surface area contributed by atoms with Crippen molar-refractivity contribution in [3.8, 4) is 0 Å². The van der Waals surface area contributed by atoms with Crippen LogP contribution in [0.2, 0.25) is 6.04 Å². The van der Waals surface area contributed by atoms with E-state index in [0.717, 1.165) is 5.92 Å². The molecule has 0 saturated heterocycles. The van der Waals surface area contributed by atoms with E-state index in [1.165, 1.54) is 32.1 Å². The van der Waals surface area contributed by atoms with E-state index in [1.54, 1.807) is 0 Å². The third kappa shape index (κ3) is 8.51. The molecule has 0 atom stereocenters. The molecule has 0 aliphatic heterocycles. The summed E-state index contributed by atoms with van der Waals surface area (Å²) in [6.45, 7) is 12.7. The second-order valence-corrected chi connectivity index (χ2v) is 5.95. The predicted molar refractivity (Wildman–Crippen MR) is 69.7 cm³/mol. The van der Waals surface area contributed by atoms with Crippen LogP contribution in [0.4, 0.5) is 0 Å². The van der Waals surface area contributed by atoms with Crippen molar-refractivity contribution in [1.82, 2.24) is 4.90 Å². The van der Waals surface area contributed by atoms with E-state index in [1.807, 2.05) is 0 Å². The van der Waals surface area contributed by atoms with E-state index in [0.29, 0.717) is 0 Å². The molecule has 0 radical (unpaired) electrons. The van der Waals surface area contributed by atoms with E-state index in [-0.39, 0.29) is 9.52 Å². The molecule has 0 N–H and O–H groups in total. The molecular formula is C12H27NSi. The van der Waals surface area contributed by atoms with Crippen molar-refractivity contribution in [2.45, 2.75) is 40.2 Å². The molecule has 0 aromatic heterocycles. The number of hydrogen-bond donors (Lipinski definition) is 0. The van der Waals surface area contributed by atoms with Gasteiger partial charge in [0.2, 0.25) is 0 Å². The highest BCUT2D eigenvalue weighted by atomic mass is 28.2. The average Bonchev–Trinajstić information content (AvgIpc) is 2.16. The minimum absolute atomic E-state index is 0.103. The monoisotopic (exact) mass is 213 g/mol. The van der Waals surface area contributed by atoms with Crippen molar-refractivity contribution >= 4 is 9.52 Å². The normalized spacial score (nSPS) is 13.0. The summed E-state index contributed by atoms with van der Waals surface area (Å²) in [5.74, 6) is 0.741. The van der Waals surface area contributed by atoms with Crippen LogP contribution in [0.3, 0.4) is 0 Å². The van der Waals surface area contributed by atoms with Gasteiger partial charge < -0.3 is 4.90 Å². The highest BCUT2D eigenvalue weighted by molar-refractivity contribution is 6.41. The Labute approximate surface area is 92.4 Å². The Kier molecular flexibility index (Phi) is 9.41. The number of nitrogens with zero attached hydrogens (tertiary/aromatic N) is 1. The third-order valence-corrected chi connectivity index (χ3v) is 4.02. The summed E-state index contributed by atoms with van der Waals surface area (Å²) in [4.78, 5) is 2.51. The summed E-state index contributed by atoms with van der Waals surface area (Å²) < 4.78 is 0. The van der Waals surface area contributed by atoms with Crippen LogP contribution in [0.5, 0.6) is 0 Å². The van der Waals surface area contributed by atoms with Gasteiger partial charge in [0.15, 0.2) is 0 Å². The van der Waals surface area contributed by atoms with Crippen molar-refractivity contribution in [2.24, 2.45) is 5.92 Å². The van der Waals surface area contributed by atoms with E-state index >= 15 is 0 Å². The molecule has 0 unspecified atom stereocenters. The lowest BCUT2D eigenvalue weighted by molar-refractivity contribution is 0.304. The van der Waals surface area contributed by atoms with Crippen molar-refractivity contribution in [1.29, 1.82) is 0 Å². The largest absolute Gasteiger partial charge is 0.304 e. The summed E-state index contributed by atoms with van der Waals surface area (Å²) in [7, 11) is 0.103. The van der Waals surface area contributed by atoms with Gasteiger partial charge in [0.1, 0.15) is 0 Å². The fraction of sp³-hybridized carbons (Fsp3) is 0.833. The summed E-state index contributed by atoms with van der Waals surface area (Å²) in [6, 6.07) is 1.47. The topological polar surface area (TPSA) is 3.24 Å². The molecule has 84 valence electrons. The number of rotatable bonds is 8. The van der Waals surface area contributed by atoms with Gasteiger partial charge in [0, 0.05) is 9.52 Å². The van der Waals surface area contributed by atoms with Crippen LogP contribution in [0.15, 0.2) is 11.8 Å². The maximum atomic E-state index is 2.51. The Balaban J connectivity index is 3.28. The van der Waals surface area contributed by atoms with Gasteiger partial charge in [-0.05, 0) is 32.0 Å². The molecule has 0 fully saturated rings. The van der Waals surface area contributed by atoms with E-state index in [9.17, 15) is 0 Å². The smallest absolute Gasteiger partial charge is 0.0450 e. The van der Waals surface area contributed by atoms with Gasteiger partial charge in [-0.3, -0.25) is 0 Å².